The van der Waals surface area contributed by atoms with E-state index in [-0.39, 0.29) is 17.8 Å². The van der Waals surface area contributed by atoms with Crippen LogP contribution in [-0.4, -0.2) is 13.5 Å². The fourth-order valence-electron chi connectivity index (χ4n) is 1.76. The molecule has 0 saturated heterocycles. The molecule has 0 radical (unpaired) electrons. The molecule has 2 N–H and O–H groups in total. The van der Waals surface area contributed by atoms with Crippen molar-refractivity contribution in [1.29, 1.82) is 0 Å². The van der Waals surface area contributed by atoms with Gasteiger partial charge in [-0.05, 0) is 18.6 Å². The fourth-order valence-corrected chi connectivity index (χ4v) is 3.02. The zero-order valence-corrected chi connectivity index (χ0v) is 11.5. The molecule has 21 heavy (non-hydrogen) atoms. The molecule has 0 unspecified atom stereocenters. The minimum Gasteiger partial charge on any atom is -0.506 e. The van der Waals surface area contributed by atoms with Gasteiger partial charge in [-0.1, -0.05) is 12.1 Å². The van der Waals surface area contributed by atoms with Crippen LogP contribution in [0.15, 0.2) is 35.2 Å². The number of benzene rings is 2. The number of aryl methyl sites for hydroxylation is 1. The normalized spacial score (nSPS) is 11.4. The molecule has 2 aromatic carbocycles. The molecule has 0 aliphatic heterocycles. The van der Waals surface area contributed by atoms with E-state index in [1.807, 2.05) is 4.72 Å². The van der Waals surface area contributed by atoms with Crippen LogP contribution in [0.2, 0.25) is 0 Å². The summed E-state index contributed by atoms with van der Waals surface area (Å²) in [5, 5.41) is 9.61. The Hall–Kier alpha value is -2.22. The lowest BCUT2D eigenvalue weighted by atomic mass is 10.2. The molecule has 0 fully saturated rings. The van der Waals surface area contributed by atoms with Crippen molar-refractivity contribution in [3.05, 3.63) is 53.3 Å². The van der Waals surface area contributed by atoms with Gasteiger partial charge in [0.05, 0.1) is 5.69 Å². The van der Waals surface area contributed by atoms with Crippen molar-refractivity contribution < 1.29 is 26.7 Å². The summed E-state index contributed by atoms with van der Waals surface area (Å²) in [6.07, 6.45) is 0. The molecule has 112 valence electrons. The van der Waals surface area contributed by atoms with Gasteiger partial charge in [0.25, 0.3) is 10.0 Å². The molecule has 0 bridgehead atoms. The third-order valence-corrected chi connectivity index (χ3v) is 4.12. The van der Waals surface area contributed by atoms with Crippen LogP contribution in [0.5, 0.6) is 5.75 Å². The number of aromatic hydroxyl groups is 1. The molecule has 0 aliphatic rings. The molecule has 4 nitrogen and oxygen atoms in total. The maximum Gasteiger partial charge on any atom is 0.267 e. The van der Waals surface area contributed by atoms with Crippen molar-refractivity contribution >= 4 is 15.7 Å². The summed E-state index contributed by atoms with van der Waals surface area (Å²) in [7, 11) is -4.66. The zero-order chi connectivity index (χ0) is 15.8. The summed E-state index contributed by atoms with van der Waals surface area (Å²) >= 11 is 0. The average molecular weight is 317 g/mol. The van der Waals surface area contributed by atoms with Crippen LogP contribution in [0.4, 0.5) is 18.9 Å². The Morgan fingerprint density at radius 3 is 2.19 bits per heavy atom. The standard InChI is InChI=1S/C13H10F3NO3S/c1-7-3-2-4-11(18)12(7)17-21(19,20)13-9(15)5-8(14)6-10(13)16/h2-6,17-18H,1H3. The number of anilines is 1. The fraction of sp³-hybridized carbons (Fsp3) is 0.0769. The number of halogens is 3. The first-order chi connectivity index (χ1) is 9.72. The summed E-state index contributed by atoms with van der Waals surface area (Å²) in [4.78, 5) is -1.31. The number of nitrogens with one attached hydrogen (secondary N) is 1. The molecule has 2 rings (SSSR count). The molecule has 0 aliphatic carbocycles. The molecule has 0 heterocycles. The van der Waals surface area contributed by atoms with Gasteiger partial charge >= 0.3 is 0 Å². The van der Waals surface area contributed by atoms with E-state index in [1.165, 1.54) is 25.1 Å². The molecule has 0 atom stereocenters. The van der Waals surface area contributed by atoms with Crippen molar-refractivity contribution in [2.75, 3.05) is 4.72 Å². The molecular weight excluding hydrogens is 307 g/mol. The molecular formula is C13H10F3NO3S. The molecule has 0 amide bonds. The Kier molecular flexibility index (Phi) is 3.82. The van der Waals surface area contributed by atoms with Crippen LogP contribution >= 0.6 is 0 Å². The van der Waals surface area contributed by atoms with Gasteiger partial charge in [0, 0.05) is 12.1 Å². The van der Waals surface area contributed by atoms with E-state index in [0.29, 0.717) is 5.56 Å². The maximum absolute atomic E-state index is 13.5. The summed E-state index contributed by atoms with van der Waals surface area (Å²) in [6.45, 7) is 1.49. The number of hydrogen-bond acceptors (Lipinski definition) is 3. The lowest BCUT2D eigenvalue weighted by Gasteiger charge is -2.13. The van der Waals surface area contributed by atoms with Crippen LogP contribution in [0.25, 0.3) is 0 Å². The van der Waals surface area contributed by atoms with Crippen LogP contribution in [-0.2, 0) is 10.0 Å². The highest BCUT2D eigenvalue weighted by molar-refractivity contribution is 7.92. The van der Waals surface area contributed by atoms with Gasteiger partial charge in [0.1, 0.15) is 23.2 Å². The summed E-state index contributed by atoms with van der Waals surface area (Å²) in [5.41, 5.74) is 0.141. The van der Waals surface area contributed by atoms with Crippen LogP contribution in [0.3, 0.4) is 0 Å². The summed E-state index contributed by atoms with van der Waals surface area (Å²) < 4.78 is 65.9. The van der Waals surface area contributed by atoms with Crippen LogP contribution in [0, 0.1) is 24.4 Å². The van der Waals surface area contributed by atoms with E-state index >= 15 is 0 Å². The topological polar surface area (TPSA) is 66.4 Å². The van der Waals surface area contributed by atoms with Crippen molar-refractivity contribution in [3.63, 3.8) is 0 Å². The predicted molar refractivity (Wildman–Crippen MR) is 70.0 cm³/mol. The summed E-state index contributed by atoms with van der Waals surface area (Å²) in [6, 6.07) is 4.70. The number of phenols is 1. The Labute approximate surface area is 118 Å². The molecule has 0 aromatic heterocycles. The van der Waals surface area contributed by atoms with Crippen LogP contribution in [0.1, 0.15) is 5.56 Å². The number of rotatable bonds is 3. The molecule has 0 saturated carbocycles. The number of phenolic OH excluding ortho intramolecular Hbond substituents is 1. The van der Waals surface area contributed by atoms with E-state index < -0.39 is 38.1 Å². The quantitative estimate of drug-likeness (QED) is 0.856. The minimum atomic E-state index is -4.66. The Morgan fingerprint density at radius 2 is 1.67 bits per heavy atom. The highest BCUT2D eigenvalue weighted by atomic mass is 32.2. The first-order valence-electron chi connectivity index (χ1n) is 5.68. The zero-order valence-electron chi connectivity index (χ0n) is 10.7. The molecule has 2 aromatic rings. The monoisotopic (exact) mass is 317 g/mol. The van der Waals surface area contributed by atoms with Gasteiger partial charge in [-0.25, -0.2) is 21.6 Å². The second-order valence-corrected chi connectivity index (χ2v) is 5.89. The van der Waals surface area contributed by atoms with Gasteiger partial charge in [-0.2, -0.15) is 0 Å². The number of para-hydroxylation sites is 1. The highest BCUT2D eigenvalue weighted by Gasteiger charge is 2.26. The first kappa shape index (κ1) is 15.2. The van der Waals surface area contributed by atoms with Crippen molar-refractivity contribution in [1.82, 2.24) is 0 Å². The smallest absolute Gasteiger partial charge is 0.267 e. The minimum absolute atomic E-state index is 0.208. The van der Waals surface area contributed by atoms with Gasteiger partial charge in [-0.3, -0.25) is 4.72 Å². The molecule has 8 heteroatoms. The van der Waals surface area contributed by atoms with E-state index in [2.05, 4.69) is 0 Å². The predicted octanol–water partition coefficient (Wildman–Crippen LogP) is 2.92. The van der Waals surface area contributed by atoms with Crippen molar-refractivity contribution in [2.45, 2.75) is 11.8 Å². The van der Waals surface area contributed by atoms with Crippen molar-refractivity contribution in [2.24, 2.45) is 0 Å². The van der Waals surface area contributed by atoms with E-state index in [9.17, 15) is 26.7 Å². The van der Waals surface area contributed by atoms with Gasteiger partial charge in [0.15, 0.2) is 4.90 Å². The Bertz CT molecular complexity index is 763. The van der Waals surface area contributed by atoms with Gasteiger partial charge in [-0.15, -0.1) is 0 Å². The summed E-state index contributed by atoms with van der Waals surface area (Å²) in [5.74, 6) is -4.76. The SMILES string of the molecule is Cc1cccc(O)c1NS(=O)(=O)c1c(F)cc(F)cc1F. The third-order valence-electron chi connectivity index (χ3n) is 2.72. The van der Waals surface area contributed by atoms with E-state index in [0.717, 1.165) is 0 Å². The largest absolute Gasteiger partial charge is 0.506 e. The first-order valence-corrected chi connectivity index (χ1v) is 7.16. The highest BCUT2D eigenvalue weighted by Crippen LogP contribution is 2.30. The van der Waals surface area contributed by atoms with E-state index in [4.69, 9.17) is 0 Å². The maximum atomic E-state index is 13.5. The lowest BCUT2D eigenvalue weighted by Crippen LogP contribution is -2.17. The lowest BCUT2D eigenvalue weighted by molar-refractivity contribution is 0.476. The Balaban J connectivity index is 2.54. The number of sulfonamides is 1. The van der Waals surface area contributed by atoms with Gasteiger partial charge < -0.3 is 5.11 Å². The number of hydrogen-bond donors (Lipinski definition) is 2. The van der Waals surface area contributed by atoms with Crippen molar-refractivity contribution in [3.8, 4) is 5.75 Å². The molecule has 0 spiro atoms. The third kappa shape index (κ3) is 2.94. The Morgan fingerprint density at radius 1 is 1.10 bits per heavy atom. The van der Waals surface area contributed by atoms with Gasteiger partial charge in [0.2, 0.25) is 0 Å². The average Bonchev–Trinajstić information content (AvgIpc) is 2.32. The second-order valence-electron chi connectivity index (χ2n) is 4.27. The van der Waals surface area contributed by atoms with Crippen LogP contribution < -0.4 is 4.72 Å². The second kappa shape index (κ2) is 5.28. The van der Waals surface area contributed by atoms with E-state index in [1.54, 1.807) is 0 Å².